The first-order valence-electron chi connectivity index (χ1n) is 5.54. The zero-order chi connectivity index (χ0) is 13.8. The van der Waals surface area contributed by atoms with Gasteiger partial charge in [-0.3, -0.25) is 4.79 Å². The van der Waals surface area contributed by atoms with Gasteiger partial charge in [-0.1, -0.05) is 0 Å². The van der Waals surface area contributed by atoms with E-state index in [2.05, 4.69) is 4.74 Å². The largest absolute Gasteiger partial charge is 0.481 e. The molecule has 18 heavy (non-hydrogen) atoms. The standard InChI is InChI=1S/C9H16N2O6S/c1-2-17-9(14)10-18(15,16)11-5-3-7(4-6-11)8(12)13/h7H,2-6H2,1H3,(H,10,14)(H,12,13). The molecular formula is C9H16N2O6S. The summed E-state index contributed by atoms with van der Waals surface area (Å²) < 4.78 is 30.7. The minimum absolute atomic E-state index is 0.0719. The van der Waals surface area contributed by atoms with Gasteiger partial charge in [-0.15, -0.1) is 0 Å². The second-order valence-electron chi connectivity index (χ2n) is 3.84. The molecule has 1 heterocycles. The first-order chi connectivity index (χ1) is 8.36. The predicted octanol–water partition coefficient (Wildman–Crippen LogP) is -0.226. The number of hydrogen-bond donors (Lipinski definition) is 2. The number of nitrogens with zero attached hydrogens (tertiary/aromatic N) is 1. The second kappa shape index (κ2) is 6.01. The van der Waals surface area contributed by atoms with E-state index in [9.17, 15) is 18.0 Å². The molecule has 0 saturated carbocycles. The van der Waals surface area contributed by atoms with Crippen LogP contribution >= 0.6 is 0 Å². The molecule has 0 aromatic rings. The smallest absolute Gasteiger partial charge is 0.421 e. The van der Waals surface area contributed by atoms with Gasteiger partial charge in [0.25, 0.3) is 0 Å². The quantitative estimate of drug-likeness (QED) is 0.735. The Labute approximate surface area is 105 Å². The van der Waals surface area contributed by atoms with Gasteiger partial charge in [-0.2, -0.15) is 12.7 Å². The molecule has 0 spiro atoms. The van der Waals surface area contributed by atoms with E-state index in [1.807, 2.05) is 0 Å². The lowest BCUT2D eigenvalue weighted by atomic mass is 9.99. The molecule has 1 rings (SSSR count). The molecule has 2 N–H and O–H groups in total. The number of carboxylic acid groups (broad SMARTS) is 1. The van der Waals surface area contributed by atoms with Gasteiger partial charge < -0.3 is 9.84 Å². The summed E-state index contributed by atoms with van der Waals surface area (Å²) in [5.41, 5.74) is 0. The van der Waals surface area contributed by atoms with Gasteiger partial charge in [-0.25, -0.2) is 9.52 Å². The number of rotatable bonds is 4. The number of ether oxygens (including phenoxy) is 1. The first kappa shape index (κ1) is 14.7. The highest BCUT2D eigenvalue weighted by Gasteiger charge is 2.32. The summed E-state index contributed by atoms with van der Waals surface area (Å²) in [4.78, 5) is 21.8. The maximum absolute atomic E-state index is 11.7. The van der Waals surface area contributed by atoms with Crippen LogP contribution in [0.15, 0.2) is 0 Å². The van der Waals surface area contributed by atoms with Gasteiger partial charge in [0.05, 0.1) is 12.5 Å². The molecule has 0 bridgehead atoms. The van der Waals surface area contributed by atoms with Crippen molar-refractivity contribution in [2.24, 2.45) is 5.92 Å². The normalized spacial score (nSPS) is 18.3. The average Bonchev–Trinajstić information content (AvgIpc) is 2.28. The number of aliphatic carboxylic acids is 1. The Morgan fingerprint density at radius 3 is 2.39 bits per heavy atom. The summed E-state index contributed by atoms with van der Waals surface area (Å²) in [6, 6.07) is 0. The van der Waals surface area contributed by atoms with E-state index >= 15 is 0 Å². The van der Waals surface area contributed by atoms with Gasteiger partial charge in [0, 0.05) is 13.1 Å². The molecule has 0 unspecified atom stereocenters. The molecule has 0 aliphatic carbocycles. The number of nitrogens with one attached hydrogen (secondary N) is 1. The van der Waals surface area contributed by atoms with Crippen LogP contribution in [0, 0.1) is 5.92 Å². The van der Waals surface area contributed by atoms with Crippen LogP contribution in [0.4, 0.5) is 4.79 Å². The topological polar surface area (TPSA) is 113 Å². The van der Waals surface area contributed by atoms with Gasteiger partial charge in [0.2, 0.25) is 0 Å². The number of piperidine rings is 1. The van der Waals surface area contributed by atoms with Crippen molar-refractivity contribution in [2.75, 3.05) is 19.7 Å². The maximum atomic E-state index is 11.7. The fraction of sp³-hybridized carbons (Fsp3) is 0.778. The molecule has 0 atom stereocenters. The van der Waals surface area contributed by atoms with Crippen LogP contribution in [0.25, 0.3) is 0 Å². The molecule has 0 aromatic heterocycles. The first-order valence-corrected chi connectivity index (χ1v) is 6.98. The molecule has 1 aliphatic rings. The Hall–Kier alpha value is -1.35. The van der Waals surface area contributed by atoms with Crippen LogP contribution < -0.4 is 4.72 Å². The van der Waals surface area contributed by atoms with Crippen molar-refractivity contribution in [1.29, 1.82) is 0 Å². The number of carbonyl (C=O) groups is 2. The van der Waals surface area contributed by atoms with Crippen molar-refractivity contribution in [2.45, 2.75) is 19.8 Å². The van der Waals surface area contributed by atoms with Crippen LogP contribution in [-0.4, -0.2) is 49.6 Å². The average molecular weight is 280 g/mol. The Morgan fingerprint density at radius 1 is 1.39 bits per heavy atom. The highest BCUT2D eigenvalue weighted by atomic mass is 32.2. The third-order valence-corrected chi connectivity index (χ3v) is 4.10. The lowest BCUT2D eigenvalue weighted by Gasteiger charge is -2.28. The van der Waals surface area contributed by atoms with Crippen molar-refractivity contribution in [3.63, 3.8) is 0 Å². The summed E-state index contributed by atoms with van der Waals surface area (Å²) in [5, 5.41) is 8.78. The molecule has 1 aliphatic heterocycles. The summed E-state index contributed by atoms with van der Waals surface area (Å²) in [6.07, 6.45) is -0.559. The second-order valence-corrected chi connectivity index (χ2v) is 5.51. The van der Waals surface area contributed by atoms with E-state index in [0.29, 0.717) is 0 Å². The number of amides is 1. The lowest BCUT2D eigenvalue weighted by Crippen LogP contribution is -2.47. The summed E-state index contributed by atoms with van der Waals surface area (Å²) in [7, 11) is -3.94. The van der Waals surface area contributed by atoms with Crippen molar-refractivity contribution >= 4 is 22.3 Å². The molecule has 1 fully saturated rings. The SMILES string of the molecule is CCOC(=O)NS(=O)(=O)N1CCC(C(=O)O)CC1. The van der Waals surface area contributed by atoms with Crippen LogP contribution in [0.3, 0.4) is 0 Å². The highest BCUT2D eigenvalue weighted by molar-refractivity contribution is 7.87. The van der Waals surface area contributed by atoms with Crippen LogP contribution in [0.2, 0.25) is 0 Å². The van der Waals surface area contributed by atoms with Crippen molar-refractivity contribution in [3.8, 4) is 0 Å². The summed E-state index contributed by atoms with van der Waals surface area (Å²) in [5.74, 6) is -1.45. The lowest BCUT2D eigenvalue weighted by molar-refractivity contribution is -0.142. The van der Waals surface area contributed by atoms with Gasteiger partial charge in [-0.05, 0) is 19.8 Å². The molecule has 1 saturated heterocycles. The van der Waals surface area contributed by atoms with Crippen molar-refractivity contribution < 1.29 is 27.9 Å². The minimum Gasteiger partial charge on any atom is -0.481 e. The van der Waals surface area contributed by atoms with Crippen LogP contribution in [0.1, 0.15) is 19.8 Å². The fourth-order valence-electron chi connectivity index (χ4n) is 1.67. The Kier molecular flexibility index (Phi) is 4.91. The fourth-order valence-corrected chi connectivity index (χ4v) is 2.76. The van der Waals surface area contributed by atoms with E-state index in [0.717, 1.165) is 4.31 Å². The Bertz CT molecular complexity index is 413. The molecular weight excluding hydrogens is 264 g/mol. The van der Waals surface area contributed by atoms with Gasteiger partial charge in [0.1, 0.15) is 0 Å². The van der Waals surface area contributed by atoms with E-state index < -0.39 is 28.2 Å². The predicted molar refractivity (Wildman–Crippen MR) is 61.0 cm³/mol. The number of carboxylic acids is 1. The number of hydrogen-bond acceptors (Lipinski definition) is 5. The van der Waals surface area contributed by atoms with Crippen LogP contribution in [-0.2, 0) is 19.7 Å². The zero-order valence-corrected chi connectivity index (χ0v) is 10.8. The third-order valence-electron chi connectivity index (χ3n) is 2.63. The van der Waals surface area contributed by atoms with Gasteiger partial charge >= 0.3 is 22.3 Å². The molecule has 9 heteroatoms. The monoisotopic (exact) mass is 280 g/mol. The molecule has 1 amide bonds. The third kappa shape index (κ3) is 3.84. The zero-order valence-electron chi connectivity index (χ0n) is 9.96. The molecule has 8 nitrogen and oxygen atoms in total. The Morgan fingerprint density at radius 2 is 1.94 bits per heavy atom. The van der Waals surface area contributed by atoms with E-state index in [4.69, 9.17) is 5.11 Å². The van der Waals surface area contributed by atoms with Crippen LogP contribution in [0.5, 0.6) is 0 Å². The van der Waals surface area contributed by atoms with Gasteiger partial charge in [0.15, 0.2) is 0 Å². The summed E-state index contributed by atoms with van der Waals surface area (Å²) in [6.45, 7) is 1.78. The highest BCUT2D eigenvalue weighted by Crippen LogP contribution is 2.19. The summed E-state index contributed by atoms with van der Waals surface area (Å²) >= 11 is 0. The van der Waals surface area contributed by atoms with Crippen molar-refractivity contribution in [1.82, 2.24) is 9.03 Å². The van der Waals surface area contributed by atoms with E-state index in [1.165, 1.54) is 0 Å². The van der Waals surface area contributed by atoms with Crippen molar-refractivity contribution in [3.05, 3.63) is 0 Å². The maximum Gasteiger partial charge on any atom is 0.421 e. The Balaban J connectivity index is 2.55. The minimum atomic E-state index is -3.94. The molecule has 0 radical (unpaired) electrons. The molecule has 104 valence electrons. The van der Waals surface area contributed by atoms with E-state index in [1.54, 1.807) is 11.6 Å². The number of carbonyl (C=O) groups excluding carboxylic acids is 1. The molecule has 0 aromatic carbocycles. The van der Waals surface area contributed by atoms with E-state index in [-0.39, 0.29) is 32.5 Å².